The molecule has 0 fully saturated rings. The summed E-state index contributed by atoms with van der Waals surface area (Å²) in [6, 6.07) is -0.490. The molecule has 0 aromatic rings. The molecular formula is C13H24N2O5. The molecule has 20 heavy (non-hydrogen) atoms. The predicted octanol–water partition coefficient (Wildman–Crippen LogP) is 1.18. The highest BCUT2D eigenvalue weighted by Crippen LogP contribution is 2.15. The second-order valence-corrected chi connectivity index (χ2v) is 5.25. The molecule has 0 radical (unpaired) electrons. The molecule has 0 aromatic carbocycles. The van der Waals surface area contributed by atoms with E-state index in [9.17, 15) is 14.4 Å². The van der Waals surface area contributed by atoms with Crippen molar-refractivity contribution < 1.29 is 24.2 Å². The number of esters is 1. The van der Waals surface area contributed by atoms with Crippen molar-refractivity contribution in [1.82, 2.24) is 9.80 Å². The zero-order valence-electron chi connectivity index (χ0n) is 12.8. The van der Waals surface area contributed by atoms with Crippen LogP contribution in [0.3, 0.4) is 0 Å². The molecule has 1 N–H and O–H groups in total. The highest BCUT2D eigenvalue weighted by atomic mass is 16.5. The highest BCUT2D eigenvalue weighted by Gasteiger charge is 2.32. The van der Waals surface area contributed by atoms with Gasteiger partial charge in [0.05, 0.1) is 6.61 Å². The molecular weight excluding hydrogens is 264 g/mol. The van der Waals surface area contributed by atoms with Crippen LogP contribution in [0.1, 0.15) is 34.6 Å². The van der Waals surface area contributed by atoms with Crippen LogP contribution in [-0.2, 0) is 14.3 Å². The zero-order chi connectivity index (χ0) is 15.9. The second kappa shape index (κ2) is 7.72. The monoisotopic (exact) mass is 288 g/mol. The lowest BCUT2D eigenvalue weighted by Crippen LogP contribution is -2.54. The number of amides is 2. The van der Waals surface area contributed by atoms with E-state index in [2.05, 4.69) is 0 Å². The maximum absolute atomic E-state index is 12.4. The van der Waals surface area contributed by atoms with Gasteiger partial charge in [0.2, 0.25) is 0 Å². The Morgan fingerprint density at radius 1 is 1.10 bits per heavy atom. The third kappa shape index (κ3) is 5.90. The van der Waals surface area contributed by atoms with Crippen LogP contribution >= 0.6 is 0 Å². The average Bonchev–Trinajstić information content (AvgIpc) is 2.31. The molecule has 7 heteroatoms. The Bertz CT molecular complexity index is 362. The Morgan fingerprint density at radius 3 is 2.00 bits per heavy atom. The van der Waals surface area contributed by atoms with Crippen LogP contribution < -0.4 is 0 Å². The summed E-state index contributed by atoms with van der Waals surface area (Å²) >= 11 is 0. The topological polar surface area (TPSA) is 87.2 Å². The number of ether oxygens (including phenoxy) is 1. The molecule has 116 valence electrons. The van der Waals surface area contributed by atoms with Gasteiger partial charge in [-0.15, -0.1) is 0 Å². The maximum Gasteiger partial charge on any atom is 0.325 e. The van der Waals surface area contributed by atoms with Gasteiger partial charge in [-0.25, -0.2) is 4.79 Å². The van der Waals surface area contributed by atoms with Crippen LogP contribution in [0, 0.1) is 0 Å². The van der Waals surface area contributed by atoms with Crippen molar-refractivity contribution in [3.63, 3.8) is 0 Å². The summed E-state index contributed by atoms with van der Waals surface area (Å²) in [5, 5.41) is 8.91. The third-order valence-electron chi connectivity index (χ3n) is 2.61. The summed E-state index contributed by atoms with van der Waals surface area (Å²) in [5.74, 6) is -1.60. The molecule has 2 amide bonds. The van der Waals surface area contributed by atoms with Gasteiger partial charge in [0.15, 0.2) is 0 Å². The molecule has 0 saturated carbocycles. The van der Waals surface area contributed by atoms with E-state index >= 15 is 0 Å². The number of likely N-dealkylation sites (N-methyl/N-ethyl adjacent to an activating group) is 1. The smallest absolute Gasteiger partial charge is 0.325 e. The van der Waals surface area contributed by atoms with Crippen LogP contribution in [0.5, 0.6) is 0 Å². The summed E-state index contributed by atoms with van der Waals surface area (Å²) in [6.45, 7) is 8.56. The summed E-state index contributed by atoms with van der Waals surface area (Å²) in [5.41, 5.74) is -0.655. The Morgan fingerprint density at radius 2 is 1.65 bits per heavy atom. The molecule has 0 rings (SSSR count). The molecule has 0 aromatic heterocycles. The van der Waals surface area contributed by atoms with Crippen molar-refractivity contribution in [1.29, 1.82) is 0 Å². The standard InChI is InChI=1S/C13H24N2O5/c1-6-14(9-11(18)20-7-2)12(19)15(8-10(16)17)13(3,4)5/h6-9H2,1-5H3,(H,16,17). The molecule has 0 bridgehead atoms. The van der Waals surface area contributed by atoms with Crippen LogP contribution in [-0.4, -0.2) is 64.7 Å². The van der Waals surface area contributed by atoms with Crippen molar-refractivity contribution in [3.05, 3.63) is 0 Å². The van der Waals surface area contributed by atoms with Crippen molar-refractivity contribution in [2.75, 3.05) is 26.2 Å². The number of aliphatic carboxylic acids is 1. The van der Waals surface area contributed by atoms with Gasteiger partial charge < -0.3 is 19.6 Å². The van der Waals surface area contributed by atoms with Crippen LogP contribution in [0.2, 0.25) is 0 Å². The lowest BCUT2D eigenvalue weighted by Gasteiger charge is -2.37. The van der Waals surface area contributed by atoms with Crippen molar-refractivity contribution >= 4 is 18.0 Å². The van der Waals surface area contributed by atoms with E-state index in [1.165, 1.54) is 9.80 Å². The van der Waals surface area contributed by atoms with E-state index in [1.54, 1.807) is 34.6 Å². The number of carbonyl (C=O) groups excluding carboxylic acids is 2. The fourth-order valence-electron chi connectivity index (χ4n) is 1.57. The molecule has 0 aliphatic carbocycles. The van der Waals surface area contributed by atoms with E-state index in [-0.39, 0.29) is 13.2 Å². The molecule has 0 saturated heterocycles. The van der Waals surface area contributed by atoms with Gasteiger partial charge >= 0.3 is 18.0 Å². The Labute approximate surface area is 119 Å². The SMILES string of the molecule is CCOC(=O)CN(CC)C(=O)N(CC(=O)O)C(C)(C)C. The molecule has 0 unspecified atom stereocenters. The number of carbonyl (C=O) groups is 3. The van der Waals surface area contributed by atoms with Gasteiger partial charge in [-0.3, -0.25) is 9.59 Å². The van der Waals surface area contributed by atoms with Crippen LogP contribution in [0.4, 0.5) is 4.79 Å². The number of hydrogen-bond donors (Lipinski definition) is 1. The van der Waals surface area contributed by atoms with Gasteiger partial charge in [0, 0.05) is 12.1 Å². The minimum Gasteiger partial charge on any atom is -0.480 e. The quantitative estimate of drug-likeness (QED) is 0.741. The van der Waals surface area contributed by atoms with Gasteiger partial charge in [-0.2, -0.15) is 0 Å². The molecule has 0 aliphatic heterocycles. The first-order valence-electron chi connectivity index (χ1n) is 6.57. The van der Waals surface area contributed by atoms with Gasteiger partial charge in [0.25, 0.3) is 0 Å². The minimum absolute atomic E-state index is 0.185. The minimum atomic E-state index is -1.10. The lowest BCUT2D eigenvalue weighted by atomic mass is 10.1. The van der Waals surface area contributed by atoms with Crippen molar-refractivity contribution in [2.45, 2.75) is 40.2 Å². The first kappa shape index (κ1) is 18.2. The number of urea groups is 1. The Kier molecular flexibility index (Phi) is 7.02. The summed E-state index contributed by atoms with van der Waals surface area (Å²) < 4.78 is 4.80. The molecule has 0 aliphatic rings. The van der Waals surface area contributed by atoms with Gasteiger partial charge in [-0.1, -0.05) is 0 Å². The number of hydrogen-bond acceptors (Lipinski definition) is 4. The van der Waals surface area contributed by atoms with E-state index in [0.29, 0.717) is 6.54 Å². The lowest BCUT2D eigenvalue weighted by molar-refractivity contribution is -0.143. The fraction of sp³-hybridized carbons (Fsp3) is 0.769. The van der Waals surface area contributed by atoms with Crippen molar-refractivity contribution in [3.8, 4) is 0 Å². The van der Waals surface area contributed by atoms with Gasteiger partial charge in [-0.05, 0) is 34.6 Å². The molecule has 7 nitrogen and oxygen atoms in total. The predicted molar refractivity (Wildman–Crippen MR) is 73.4 cm³/mol. The molecule has 0 heterocycles. The first-order chi connectivity index (χ1) is 9.13. The normalized spacial score (nSPS) is 10.8. The number of rotatable bonds is 6. The van der Waals surface area contributed by atoms with Crippen LogP contribution in [0.25, 0.3) is 0 Å². The zero-order valence-corrected chi connectivity index (χ0v) is 12.8. The molecule has 0 spiro atoms. The first-order valence-corrected chi connectivity index (χ1v) is 6.57. The summed E-state index contributed by atoms with van der Waals surface area (Å²) in [4.78, 5) is 37.2. The van der Waals surface area contributed by atoms with E-state index in [1.807, 2.05) is 0 Å². The largest absolute Gasteiger partial charge is 0.480 e. The van der Waals surface area contributed by atoms with E-state index in [4.69, 9.17) is 9.84 Å². The van der Waals surface area contributed by atoms with E-state index < -0.39 is 30.1 Å². The Hall–Kier alpha value is -1.79. The third-order valence-corrected chi connectivity index (χ3v) is 2.61. The highest BCUT2D eigenvalue weighted by molar-refractivity contribution is 5.84. The fourth-order valence-corrected chi connectivity index (χ4v) is 1.57. The number of nitrogens with zero attached hydrogens (tertiary/aromatic N) is 2. The average molecular weight is 288 g/mol. The number of carboxylic acids is 1. The molecule has 0 atom stereocenters. The number of carboxylic acid groups (broad SMARTS) is 1. The second-order valence-electron chi connectivity index (χ2n) is 5.25. The van der Waals surface area contributed by atoms with Crippen molar-refractivity contribution in [2.24, 2.45) is 0 Å². The van der Waals surface area contributed by atoms with Crippen LogP contribution in [0.15, 0.2) is 0 Å². The summed E-state index contributed by atoms with van der Waals surface area (Å²) in [7, 11) is 0. The summed E-state index contributed by atoms with van der Waals surface area (Å²) in [6.07, 6.45) is 0. The van der Waals surface area contributed by atoms with Gasteiger partial charge in [0.1, 0.15) is 13.1 Å². The Balaban J connectivity index is 5.00. The maximum atomic E-state index is 12.4. The van der Waals surface area contributed by atoms with E-state index in [0.717, 1.165) is 0 Å².